The van der Waals surface area contributed by atoms with E-state index in [0.717, 1.165) is 37.2 Å². The van der Waals surface area contributed by atoms with Crippen molar-refractivity contribution in [3.05, 3.63) is 29.6 Å². The second-order valence-electron chi connectivity index (χ2n) is 3.98. The number of ether oxygens (including phenoxy) is 1. The summed E-state index contributed by atoms with van der Waals surface area (Å²) in [5.41, 5.74) is 0.869. The first-order valence-electron chi connectivity index (χ1n) is 5.39. The quantitative estimate of drug-likeness (QED) is 0.806. The van der Waals surface area contributed by atoms with Crippen LogP contribution in [0.25, 0.3) is 0 Å². The zero-order valence-corrected chi connectivity index (χ0v) is 8.92. The van der Waals surface area contributed by atoms with E-state index in [1.165, 1.54) is 12.1 Å². The van der Waals surface area contributed by atoms with Crippen molar-refractivity contribution in [3.63, 3.8) is 0 Å². The third kappa shape index (κ3) is 2.69. The molecule has 1 saturated heterocycles. The van der Waals surface area contributed by atoms with Crippen LogP contribution in [0, 0.1) is 12.7 Å². The fourth-order valence-corrected chi connectivity index (χ4v) is 1.84. The second-order valence-corrected chi connectivity index (χ2v) is 3.98. The molecular formula is C12H16FNO. The molecule has 1 aliphatic rings. The summed E-state index contributed by atoms with van der Waals surface area (Å²) in [7, 11) is 0. The van der Waals surface area contributed by atoms with Gasteiger partial charge in [0.25, 0.3) is 0 Å². The van der Waals surface area contributed by atoms with Gasteiger partial charge in [-0.3, -0.25) is 0 Å². The van der Waals surface area contributed by atoms with Gasteiger partial charge in [0.05, 0.1) is 0 Å². The number of piperidine rings is 1. The summed E-state index contributed by atoms with van der Waals surface area (Å²) in [6.45, 7) is 3.88. The monoisotopic (exact) mass is 209 g/mol. The first kappa shape index (κ1) is 10.4. The van der Waals surface area contributed by atoms with Gasteiger partial charge in [-0.2, -0.15) is 0 Å². The first-order valence-corrected chi connectivity index (χ1v) is 5.39. The Balaban J connectivity index is 2.03. The molecule has 0 radical (unpaired) electrons. The molecule has 1 aliphatic heterocycles. The topological polar surface area (TPSA) is 21.3 Å². The molecular weight excluding hydrogens is 193 g/mol. The number of halogens is 1. The van der Waals surface area contributed by atoms with Crippen LogP contribution in [-0.2, 0) is 0 Å². The molecule has 0 saturated carbocycles. The van der Waals surface area contributed by atoms with Crippen molar-refractivity contribution < 1.29 is 9.13 Å². The number of benzene rings is 1. The molecule has 0 unspecified atom stereocenters. The van der Waals surface area contributed by atoms with Crippen LogP contribution in [0.4, 0.5) is 4.39 Å². The lowest BCUT2D eigenvalue weighted by Gasteiger charge is -2.24. The van der Waals surface area contributed by atoms with Gasteiger partial charge in [-0.15, -0.1) is 0 Å². The van der Waals surface area contributed by atoms with Crippen LogP contribution in [0.5, 0.6) is 5.75 Å². The second kappa shape index (κ2) is 4.62. The fourth-order valence-electron chi connectivity index (χ4n) is 1.84. The van der Waals surface area contributed by atoms with E-state index in [4.69, 9.17) is 4.74 Å². The molecule has 1 aromatic carbocycles. The van der Waals surface area contributed by atoms with Gasteiger partial charge < -0.3 is 10.1 Å². The molecule has 0 amide bonds. The molecule has 15 heavy (non-hydrogen) atoms. The molecule has 1 N–H and O–H groups in total. The predicted molar refractivity (Wildman–Crippen MR) is 57.7 cm³/mol. The maximum absolute atomic E-state index is 12.9. The highest BCUT2D eigenvalue weighted by Crippen LogP contribution is 2.21. The van der Waals surface area contributed by atoms with E-state index in [1.807, 2.05) is 6.92 Å². The lowest BCUT2D eigenvalue weighted by molar-refractivity contribution is 0.161. The first-order chi connectivity index (χ1) is 7.25. The van der Waals surface area contributed by atoms with Crippen LogP contribution in [0.2, 0.25) is 0 Å². The summed E-state index contributed by atoms with van der Waals surface area (Å²) in [5.74, 6) is 0.605. The predicted octanol–water partition coefficient (Wildman–Crippen LogP) is 2.26. The zero-order chi connectivity index (χ0) is 10.7. The van der Waals surface area contributed by atoms with E-state index in [0.29, 0.717) is 0 Å². The Labute approximate surface area is 89.4 Å². The lowest BCUT2D eigenvalue weighted by Crippen LogP contribution is -2.34. The Bertz CT molecular complexity index is 334. The minimum atomic E-state index is -0.204. The van der Waals surface area contributed by atoms with Crippen LogP contribution in [0.1, 0.15) is 18.4 Å². The standard InChI is InChI=1S/C12H16FNO/c1-9-8-10(13)2-3-12(9)15-11-4-6-14-7-5-11/h2-3,8,11,14H,4-7H2,1H3. The third-order valence-corrected chi connectivity index (χ3v) is 2.72. The molecule has 0 bridgehead atoms. The number of nitrogens with one attached hydrogen (secondary N) is 1. The Morgan fingerprint density at radius 1 is 1.33 bits per heavy atom. The number of rotatable bonds is 2. The molecule has 82 valence electrons. The molecule has 0 atom stereocenters. The average molecular weight is 209 g/mol. The SMILES string of the molecule is Cc1cc(F)ccc1OC1CCNCC1. The van der Waals surface area contributed by atoms with Gasteiger partial charge in [-0.05, 0) is 56.6 Å². The van der Waals surface area contributed by atoms with E-state index in [2.05, 4.69) is 5.32 Å². The van der Waals surface area contributed by atoms with E-state index < -0.39 is 0 Å². The minimum Gasteiger partial charge on any atom is -0.490 e. The van der Waals surface area contributed by atoms with Crippen LogP contribution in [0.3, 0.4) is 0 Å². The molecule has 0 spiro atoms. The van der Waals surface area contributed by atoms with Crippen LogP contribution in [-0.4, -0.2) is 19.2 Å². The van der Waals surface area contributed by atoms with Gasteiger partial charge in [0.15, 0.2) is 0 Å². The summed E-state index contributed by atoms with van der Waals surface area (Å²) in [6, 6.07) is 4.67. The molecule has 3 heteroatoms. The number of aryl methyl sites for hydroxylation is 1. The van der Waals surface area contributed by atoms with Gasteiger partial charge in [0, 0.05) is 0 Å². The fraction of sp³-hybridized carbons (Fsp3) is 0.500. The van der Waals surface area contributed by atoms with Crippen molar-refractivity contribution in [2.75, 3.05) is 13.1 Å². The summed E-state index contributed by atoms with van der Waals surface area (Å²) >= 11 is 0. The maximum atomic E-state index is 12.9. The van der Waals surface area contributed by atoms with Crippen molar-refractivity contribution in [3.8, 4) is 5.75 Å². The van der Waals surface area contributed by atoms with Crippen molar-refractivity contribution in [2.45, 2.75) is 25.9 Å². The van der Waals surface area contributed by atoms with Crippen LogP contribution in [0.15, 0.2) is 18.2 Å². The van der Waals surface area contributed by atoms with Crippen molar-refractivity contribution in [1.29, 1.82) is 0 Å². The van der Waals surface area contributed by atoms with E-state index in [-0.39, 0.29) is 11.9 Å². The van der Waals surface area contributed by atoms with Gasteiger partial charge in [0.1, 0.15) is 17.7 Å². The number of hydrogen-bond donors (Lipinski definition) is 1. The largest absolute Gasteiger partial charge is 0.490 e. The van der Waals surface area contributed by atoms with E-state index >= 15 is 0 Å². The highest BCUT2D eigenvalue weighted by molar-refractivity contribution is 5.32. The number of hydrogen-bond acceptors (Lipinski definition) is 2. The Morgan fingerprint density at radius 3 is 2.73 bits per heavy atom. The summed E-state index contributed by atoms with van der Waals surface area (Å²) in [5, 5.41) is 3.28. The Morgan fingerprint density at radius 2 is 2.07 bits per heavy atom. The molecule has 0 aliphatic carbocycles. The van der Waals surface area contributed by atoms with Gasteiger partial charge >= 0.3 is 0 Å². The minimum absolute atomic E-state index is 0.204. The Kier molecular flexibility index (Phi) is 3.21. The van der Waals surface area contributed by atoms with Gasteiger partial charge in [0.2, 0.25) is 0 Å². The molecule has 2 nitrogen and oxygen atoms in total. The zero-order valence-electron chi connectivity index (χ0n) is 8.92. The Hall–Kier alpha value is -1.09. The molecule has 0 aromatic heterocycles. The van der Waals surface area contributed by atoms with E-state index in [9.17, 15) is 4.39 Å². The highest BCUT2D eigenvalue weighted by atomic mass is 19.1. The van der Waals surface area contributed by atoms with Crippen molar-refractivity contribution >= 4 is 0 Å². The third-order valence-electron chi connectivity index (χ3n) is 2.72. The lowest BCUT2D eigenvalue weighted by atomic mass is 10.1. The normalized spacial score (nSPS) is 17.7. The molecule has 1 aromatic rings. The smallest absolute Gasteiger partial charge is 0.123 e. The highest BCUT2D eigenvalue weighted by Gasteiger charge is 2.15. The average Bonchev–Trinajstić information content (AvgIpc) is 2.24. The summed E-state index contributed by atoms with van der Waals surface area (Å²) in [6.07, 6.45) is 2.32. The van der Waals surface area contributed by atoms with Crippen LogP contribution < -0.4 is 10.1 Å². The van der Waals surface area contributed by atoms with Gasteiger partial charge in [-0.25, -0.2) is 4.39 Å². The molecule has 1 heterocycles. The summed E-state index contributed by atoms with van der Waals surface area (Å²) < 4.78 is 18.7. The van der Waals surface area contributed by atoms with E-state index in [1.54, 1.807) is 6.07 Å². The maximum Gasteiger partial charge on any atom is 0.123 e. The van der Waals surface area contributed by atoms with Crippen LogP contribution >= 0.6 is 0 Å². The van der Waals surface area contributed by atoms with Crippen molar-refractivity contribution in [1.82, 2.24) is 5.32 Å². The molecule has 2 rings (SSSR count). The molecule has 1 fully saturated rings. The van der Waals surface area contributed by atoms with Gasteiger partial charge in [-0.1, -0.05) is 0 Å². The van der Waals surface area contributed by atoms with Crippen molar-refractivity contribution in [2.24, 2.45) is 0 Å². The summed E-state index contributed by atoms with van der Waals surface area (Å²) in [4.78, 5) is 0.